The third-order valence-electron chi connectivity index (χ3n) is 5.09. The Kier molecular flexibility index (Phi) is 5.83. The fourth-order valence-corrected chi connectivity index (χ4v) is 4.08. The molecule has 24 heavy (non-hydrogen) atoms. The summed E-state index contributed by atoms with van der Waals surface area (Å²) in [5, 5.41) is 4.70. The summed E-state index contributed by atoms with van der Waals surface area (Å²) in [5.74, 6) is 0.628. The number of hydrogen-bond donors (Lipinski definition) is 1. The molecule has 1 aromatic carbocycles. The largest absolute Gasteiger partial charge is 0.352 e. The van der Waals surface area contributed by atoms with Crippen LogP contribution in [0.2, 0.25) is 5.02 Å². The molecule has 0 unspecified atom stereocenters. The van der Waals surface area contributed by atoms with E-state index in [0.717, 1.165) is 30.4 Å². The number of benzene rings is 1. The number of aromatic nitrogens is 1. The Hall–Kier alpha value is -1.48. The molecule has 130 valence electrons. The highest BCUT2D eigenvalue weighted by atomic mass is 35.5. The average Bonchev–Trinajstić information content (AvgIpc) is 2.77. The van der Waals surface area contributed by atoms with Crippen LogP contribution in [0.25, 0.3) is 10.9 Å². The Morgan fingerprint density at radius 2 is 2.00 bits per heavy atom. The first-order valence-electron chi connectivity index (χ1n) is 9.26. The van der Waals surface area contributed by atoms with Crippen LogP contribution in [0.1, 0.15) is 62.2 Å². The van der Waals surface area contributed by atoms with Gasteiger partial charge in [0, 0.05) is 24.7 Å². The third-order valence-corrected chi connectivity index (χ3v) is 5.41. The van der Waals surface area contributed by atoms with Crippen molar-refractivity contribution in [3.63, 3.8) is 0 Å². The minimum Gasteiger partial charge on any atom is -0.352 e. The van der Waals surface area contributed by atoms with Crippen molar-refractivity contribution in [2.24, 2.45) is 5.92 Å². The molecule has 1 aliphatic rings. The van der Waals surface area contributed by atoms with Crippen molar-refractivity contribution in [1.29, 1.82) is 0 Å². The Balaban J connectivity index is 1.78. The van der Waals surface area contributed by atoms with Gasteiger partial charge in [0.1, 0.15) is 0 Å². The molecular formula is C20H27ClN2O. The topological polar surface area (TPSA) is 34.0 Å². The first-order valence-corrected chi connectivity index (χ1v) is 9.64. The summed E-state index contributed by atoms with van der Waals surface area (Å²) < 4.78 is 2.14. The van der Waals surface area contributed by atoms with Crippen LogP contribution >= 0.6 is 11.6 Å². The molecule has 3 rings (SSSR count). The second kappa shape index (κ2) is 8.06. The van der Waals surface area contributed by atoms with E-state index in [2.05, 4.69) is 16.8 Å². The van der Waals surface area contributed by atoms with Gasteiger partial charge in [-0.25, -0.2) is 0 Å². The van der Waals surface area contributed by atoms with Gasteiger partial charge in [-0.15, -0.1) is 0 Å². The number of aryl methyl sites for hydroxylation is 1. The smallest absolute Gasteiger partial charge is 0.253 e. The number of carbonyl (C=O) groups excluding carboxylic acids is 1. The number of amides is 1. The molecule has 0 spiro atoms. The minimum atomic E-state index is 0.00667. The van der Waals surface area contributed by atoms with E-state index in [-0.39, 0.29) is 5.91 Å². The lowest BCUT2D eigenvalue weighted by atomic mass is 10.0. The first kappa shape index (κ1) is 17.3. The van der Waals surface area contributed by atoms with Crippen molar-refractivity contribution in [2.45, 2.75) is 58.4 Å². The van der Waals surface area contributed by atoms with Crippen LogP contribution in [-0.4, -0.2) is 17.0 Å². The van der Waals surface area contributed by atoms with Crippen LogP contribution in [0.4, 0.5) is 0 Å². The third kappa shape index (κ3) is 3.77. The van der Waals surface area contributed by atoms with Gasteiger partial charge in [-0.1, -0.05) is 50.3 Å². The molecule has 1 aliphatic carbocycles. The van der Waals surface area contributed by atoms with E-state index in [9.17, 15) is 4.79 Å². The van der Waals surface area contributed by atoms with Crippen LogP contribution in [-0.2, 0) is 6.54 Å². The Morgan fingerprint density at radius 1 is 1.25 bits per heavy atom. The molecule has 1 aromatic heterocycles. The standard InChI is InChI=1S/C20H27ClN2O/c1-2-12-23-14-16(19-17(21)10-7-11-18(19)23)20(24)22-13-15-8-5-3-4-6-9-15/h7,10-11,14-15H,2-6,8-9,12-13H2,1H3,(H,22,24). The summed E-state index contributed by atoms with van der Waals surface area (Å²) in [6.07, 6.45) is 10.7. The minimum absolute atomic E-state index is 0.00667. The molecule has 0 bridgehead atoms. The van der Waals surface area contributed by atoms with E-state index in [1.807, 2.05) is 24.4 Å². The van der Waals surface area contributed by atoms with Crippen molar-refractivity contribution < 1.29 is 4.79 Å². The van der Waals surface area contributed by atoms with E-state index in [4.69, 9.17) is 11.6 Å². The summed E-state index contributed by atoms with van der Waals surface area (Å²) in [6.45, 7) is 3.82. The van der Waals surface area contributed by atoms with Gasteiger partial charge in [0.05, 0.1) is 16.1 Å². The van der Waals surface area contributed by atoms with E-state index < -0.39 is 0 Å². The van der Waals surface area contributed by atoms with Crippen LogP contribution in [0.5, 0.6) is 0 Å². The molecule has 0 atom stereocenters. The number of halogens is 1. The lowest BCUT2D eigenvalue weighted by Gasteiger charge is -2.14. The van der Waals surface area contributed by atoms with Crippen LogP contribution < -0.4 is 5.32 Å². The van der Waals surface area contributed by atoms with Gasteiger partial charge in [-0.05, 0) is 37.3 Å². The zero-order chi connectivity index (χ0) is 16.9. The Bertz CT molecular complexity index is 699. The number of nitrogens with zero attached hydrogens (tertiary/aromatic N) is 1. The van der Waals surface area contributed by atoms with E-state index in [1.54, 1.807) is 0 Å². The molecule has 1 amide bonds. The number of nitrogens with one attached hydrogen (secondary N) is 1. The highest BCUT2D eigenvalue weighted by Gasteiger charge is 2.19. The summed E-state index contributed by atoms with van der Waals surface area (Å²) in [7, 11) is 0. The molecule has 1 N–H and O–H groups in total. The van der Waals surface area contributed by atoms with Crippen molar-refractivity contribution in [2.75, 3.05) is 6.54 Å². The van der Waals surface area contributed by atoms with Crippen LogP contribution in [0, 0.1) is 5.92 Å². The van der Waals surface area contributed by atoms with Gasteiger partial charge in [0.2, 0.25) is 0 Å². The summed E-state index contributed by atoms with van der Waals surface area (Å²) in [5.41, 5.74) is 1.75. The van der Waals surface area contributed by atoms with Crippen LogP contribution in [0.3, 0.4) is 0 Å². The summed E-state index contributed by atoms with van der Waals surface area (Å²) >= 11 is 6.40. The van der Waals surface area contributed by atoms with Gasteiger partial charge in [-0.3, -0.25) is 4.79 Å². The number of rotatable bonds is 5. The zero-order valence-corrected chi connectivity index (χ0v) is 15.2. The second-order valence-corrected chi connectivity index (χ2v) is 7.34. The molecule has 1 heterocycles. The Labute approximate surface area is 149 Å². The average molecular weight is 347 g/mol. The lowest BCUT2D eigenvalue weighted by Crippen LogP contribution is -2.29. The monoisotopic (exact) mass is 346 g/mol. The van der Waals surface area contributed by atoms with Crippen molar-refractivity contribution in [1.82, 2.24) is 9.88 Å². The predicted octanol–water partition coefficient (Wildman–Crippen LogP) is 5.40. The number of fused-ring (bicyclic) bond motifs is 1. The van der Waals surface area contributed by atoms with Crippen molar-refractivity contribution in [3.05, 3.63) is 35.0 Å². The quantitative estimate of drug-likeness (QED) is 0.722. The van der Waals surface area contributed by atoms with Gasteiger partial charge in [0.15, 0.2) is 0 Å². The maximum atomic E-state index is 12.8. The van der Waals surface area contributed by atoms with Gasteiger partial charge in [0.25, 0.3) is 5.91 Å². The molecule has 4 heteroatoms. The van der Waals surface area contributed by atoms with Gasteiger partial charge in [-0.2, -0.15) is 0 Å². The van der Waals surface area contributed by atoms with Gasteiger partial charge >= 0.3 is 0 Å². The first-order chi connectivity index (χ1) is 11.7. The molecule has 0 aliphatic heterocycles. The number of hydrogen-bond acceptors (Lipinski definition) is 1. The van der Waals surface area contributed by atoms with Gasteiger partial charge < -0.3 is 9.88 Å². The fourth-order valence-electron chi connectivity index (χ4n) is 3.81. The maximum absolute atomic E-state index is 12.8. The number of carbonyl (C=O) groups is 1. The van der Waals surface area contributed by atoms with E-state index >= 15 is 0 Å². The summed E-state index contributed by atoms with van der Waals surface area (Å²) in [6, 6.07) is 5.85. The molecule has 0 saturated heterocycles. The molecule has 1 fully saturated rings. The molecular weight excluding hydrogens is 320 g/mol. The highest BCUT2D eigenvalue weighted by Crippen LogP contribution is 2.29. The fraction of sp³-hybridized carbons (Fsp3) is 0.550. The molecule has 2 aromatic rings. The maximum Gasteiger partial charge on any atom is 0.253 e. The molecule has 0 radical (unpaired) electrons. The van der Waals surface area contributed by atoms with E-state index in [0.29, 0.717) is 16.5 Å². The molecule has 1 saturated carbocycles. The van der Waals surface area contributed by atoms with Crippen molar-refractivity contribution >= 4 is 28.4 Å². The molecule has 3 nitrogen and oxygen atoms in total. The lowest BCUT2D eigenvalue weighted by molar-refractivity contribution is 0.0947. The highest BCUT2D eigenvalue weighted by molar-refractivity contribution is 6.36. The summed E-state index contributed by atoms with van der Waals surface area (Å²) in [4.78, 5) is 12.8. The normalized spacial score (nSPS) is 16.2. The van der Waals surface area contributed by atoms with E-state index in [1.165, 1.54) is 38.5 Å². The Morgan fingerprint density at radius 3 is 2.71 bits per heavy atom. The zero-order valence-electron chi connectivity index (χ0n) is 14.5. The van der Waals surface area contributed by atoms with Crippen molar-refractivity contribution in [3.8, 4) is 0 Å². The second-order valence-electron chi connectivity index (χ2n) is 6.94. The SMILES string of the molecule is CCCn1cc(C(=O)NCC2CCCCCC2)c2c(Cl)cccc21. The van der Waals surface area contributed by atoms with Crippen LogP contribution in [0.15, 0.2) is 24.4 Å². The predicted molar refractivity (Wildman–Crippen MR) is 101 cm³/mol.